The fourth-order valence-electron chi connectivity index (χ4n) is 6.86. The van der Waals surface area contributed by atoms with Crippen molar-refractivity contribution in [2.24, 2.45) is 0 Å². The summed E-state index contributed by atoms with van der Waals surface area (Å²) in [4.78, 5) is 13.4. The highest BCUT2D eigenvalue weighted by molar-refractivity contribution is 6.16. The van der Waals surface area contributed by atoms with Crippen molar-refractivity contribution in [2.75, 3.05) is 0 Å². The number of furan rings is 2. The fraction of sp³-hybridized carbons (Fsp3) is 0. The highest BCUT2D eigenvalue weighted by Crippen LogP contribution is 2.42. The van der Waals surface area contributed by atoms with Crippen LogP contribution in [0.5, 0.6) is 0 Å². The van der Waals surface area contributed by atoms with Gasteiger partial charge in [-0.1, -0.05) is 66.7 Å². The van der Waals surface area contributed by atoms with E-state index in [1.54, 1.807) is 10.5 Å². The maximum Gasteiger partial charge on any atom is 0.269 e. The molecule has 44 heavy (non-hydrogen) atoms. The molecule has 6 aromatic carbocycles. The van der Waals surface area contributed by atoms with Gasteiger partial charge in [-0.2, -0.15) is 0 Å². The molecular weight excluding hydrogens is 546 g/mol. The van der Waals surface area contributed by atoms with Gasteiger partial charge in [-0.25, -0.2) is 4.40 Å². The highest BCUT2D eigenvalue weighted by atomic mass is 16.3. The highest BCUT2D eigenvalue weighted by Gasteiger charge is 2.18. The number of hydrogen-bond acceptors (Lipinski definition) is 4. The van der Waals surface area contributed by atoms with Crippen LogP contribution in [-0.4, -0.2) is 4.40 Å². The Hall–Kier alpha value is -6.07. The minimum absolute atomic E-state index is 0.0829. The third-order valence-corrected chi connectivity index (χ3v) is 8.82. The topological polar surface area (TPSA) is 60.9 Å². The number of hydrogen-bond donors (Lipinski definition) is 0. The summed E-state index contributed by atoms with van der Waals surface area (Å²) in [5, 5.41) is 5.80. The molecule has 0 fully saturated rings. The van der Waals surface area contributed by atoms with Gasteiger partial charge in [0.05, 0.1) is 10.9 Å². The van der Waals surface area contributed by atoms with E-state index >= 15 is 0 Å². The summed E-state index contributed by atoms with van der Waals surface area (Å²) >= 11 is 0. The van der Waals surface area contributed by atoms with Crippen molar-refractivity contribution in [2.45, 2.75) is 0 Å². The van der Waals surface area contributed by atoms with Crippen molar-refractivity contribution >= 4 is 71.5 Å². The molecule has 0 saturated carbocycles. The number of aromatic nitrogens is 1. The summed E-state index contributed by atoms with van der Waals surface area (Å²) in [6.07, 6.45) is 0. The summed E-state index contributed by atoms with van der Waals surface area (Å²) in [5.41, 5.74) is 9.56. The average molecular weight is 568 g/mol. The minimum Gasteiger partial charge on any atom is -0.456 e. The monoisotopic (exact) mass is 567 g/mol. The van der Waals surface area contributed by atoms with Gasteiger partial charge in [0.15, 0.2) is 0 Å². The van der Waals surface area contributed by atoms with Gasteiger partial charge < -0.3 is 13.3 Å². The molecule has 0 atom stereocenters. The van der Waals surface area contributed by atoms with Crippen molar-refractivity contribution in [3.63, 3.8) is 0 Å². The van der Waals surface area contributed by atoms with Crippen LogP contribution in [0.1, 0.15) is 0 Å². The lowest BCUT2D eigenvalue weighted by molar-refractivity contribution is 0.631. The van der Waals surface area contributed by atoms with Crippen LogP contribution in [0.3, 0.4) is 0 Å². The summed E-state index contributed by atoms with van der Waals surface area (Å²) in [5.74, 6) is 0. The van der Waals surface area contributed by atoms with E-state index in [0.29, 0.717) is 16.7 Å². The Kier molecular flexibility index (Phi) is 4.53. The maximum absolute atomic E-state index is 13.4. The molecule has 0 aliphatic rings. The van der Waals surface area contributed by atoms with Crippen LogP contribution in [0.15, 0.2) is 145 Å². The average Bonchev–Trinajstić information content (AvgIpc) is 3.75. The van der Waals surface area contributed by atoms with Gasteiger partial charge in [-0.05, 0) is 76.9 Å². The second-order valence-electron chi connectivity index (χ2n) is 11.3. The molecule has 0 aliphatic heterocycles. The van der Waals surface area contributed by atoms with E-state index in [1.807, 2.05) is 72.8 Å². The van der Waals surface area contributed by atoms with Crippen molar-refractivity contribution < 1.29 is 13.3 Å². The normalized spacial score (nSPS) is 12.2. The lowest BCUT2D eigenvalue weighted by Crippen LogP contribution is -2.11. The zero-order chi connectivity index (χ0) is 28.9. The fourth-order valence-corrected chi connectivity index (χ4v) is 6.86. The van der Waals surface area contributed by atoms with Gasteiger partial charge in [0, 0.05) is 33.0 Å². The first-order valence-electron chi connectivity index (χ1n) is 14.5. The van der Waals surface area contributed by atoms with E-state index in [9.17, 15) is 4.79 Å². The molecule has 0 unspecified atom stereocenters. The zero-order valence-corrected chi connectivity index (χ0v) is 23.2. The van der Waals surface area contributed by atoms with E-state index < -0.39 is 0 Å². The van der Waals surface area contributed by atoms with E-state index in [-0.39, 0.29) is 5.56 Å². The molecule has 4 aromatic heterocycles. The Morgan fingerprint density at radius 3 is 1.82 bits per heavy atom. The molecule has 0 saturated heterocycles. The molecule has 5 heteroatoms. The minimum atomic E-state index is -0.0829. The van der Waals surface area contributed by atoms with Gasteiger partial charge >= 0.3 is 0 Å². The molecule has 0 N–H and O–H groups in total. The molecule has 0 spiro atoms. The molecule has 0 amide bonds. The number of rotatable bonds is 2. The van der Waals surface area contributed by atoms with Gasteiger partial charge in [0.2, 0.25) is 5.71 Å². The first-order valence-corrected chi connectivity index (χ1v) is 14.5. The maximum atomic E-state index is 13.4. The molecule has 206 valence electrons. The Labute approximate surface area is 248 Å². The molecular formula is C39H21NO4. The zero-order valence-electron chi connectivity index (χ0n) is 23.2. The second kappa shape index (κ2) is 8.49. The van der Waals surface area contributed by atoms with Crippen molar-refractivity contribution in [3.8, 4) is 22.3 Å². The van der Waals surface area contributed by atoms with Crippen LogP contribution >= 0.6 is 0 Å². The second-order valence-corrected chi connectivity index (χ2v) is 11.3. The molecule has 5 nitrogen and oxygen atoms in total. The van der Waals surface area contributed by atoms with Crippen LogP contribution in [0, 0.1) is 0 Å². The van der Waals surface area contributed by atoms with E-state index in [1.165, 1.54) is 0 Å². The SMILES string of the molecule is O=c1c2ccccc2oc2cc3cc(-c4cccc5oc6ccc(-c7cccc8oc9ccccc9c78)cc6c45)ccc3n12. The molecule has 10 aromatic rings. The van der Waals surface area contributed by atoms with E-state index in [4.69, 9.17) is 13.3 Å². The smallest absolute Gasteiger partial charge is 0.269 e. The van der Waals surface area contributed by atoms with E-state index in [2.05, 4.69) is 48.5 Å². The molecule has 0 aliphatic carbocycles. The molecule has 0 bridgehead atoms. The van der Waals surface area contributed by atoms with Crippen LogP contribution in [-0.2, 0) is 0 Å². The predicted molar refractivity (Wildman–Crippen MR) is 176 cm³/mol. The van der Waals surface area contributed by atoms with Crippen LogP contribution in [0.25, 0.3) is 93.7 Å². The van der Waals surface area contributed by atoms with Crippen LogP contribution in [0.4, 0.5) is 0 Å². The quantitative estimate of drug-likeness (QED) is 0.208. The molecule has 0 radical (unpaired) electrons. The third kappa shape index (κ3) is 3.15. The van der Waals surface area contributed by atoms with Crippen LogP contribution in [0.2, 0.25) is 0 Å². The third-order valence-electron chi connectivity index (χ3n) is 8.82. The number of benzene rings is 6. The van der Waals surface area contributed by atoms with Crippen LogP contribution < -0.4 is 5.56 Å². The lowest BCUT2D eigenvalue weighted by atomic mass is 9.95. The largest absolute Gasteiger partial charge is 0.456 e. The van der Waals surface area contributed by atoms with Gasteiger partial charge in [0.25, 0.3) is 5.56 Å². The standard InChI is InChI=1S/C39H21NO4/c41-39-28-8-2-4-12-32(28)44-36-21-24-19-22(15-17-30(24)40(36)39)25-9-5-14-35-38(25)29-20-23(16-18-33(29)43-35)26-10-6-13-34-37(26)27-7-1-3-11-31(27)42-34/h1-21H. The number of para-hydroxylation sites is 2. The lowest BCUT2D eigenvalue weighted by Gasteiger charge is -2.07. The first-order chi connectivity index (χ1) is 21.7. The van der Waals surface area contributed by atoms with Gasteiger partial charge in [-0.3, -0.25) is 4.79 Å². The Morgan fingerprint density at radius 1 is 0.455 bits per heavy atom. The molecule has 10 rings (SSSR count). The first kappa shape index (κ1) is 23.5. The predicted octanol–water partition coefficient (Wildman–Crippen LogP) is 10.3. The Morgan fingerprint density at radius 2 is 1.05 bits per heavy atom. The van der Waals surface area contributed by atoms with Crippen molar-refractivity contribution in [3.05, 3.63) is 138 Å². The van der Waals surface area contributed by atoms with Gasteiger partial charge in [0.1, 0.15) is 27.9 Å². The summed E-state index contributed by atoms with van der Waals surface area (Å²) in [6.45, 7) is 0. The van der Waals surface area contributed by atoms with Gasteiger partial charge in [-0.15, -0.1) is 0 Å². The van der Waals surface area contributed by atoms with Crippen molar-refractivity contribution in [1.29, 1.82) is 0 Å². The van der Waals surface area contributed by atoms with Crippen molar-refractivity contribution in [1.82, 2.24) is 4.40 Å². The Balaban J connectivity index is 1.20. The summed E-state index contributed by atoms with van der Waals surface area (Å²) in [7, 11) is 0. The Bertz CT molecular complexity index is 2860. The summed E-state index contributed by atoms with van der Waals surface area (Å²) < 4.78 is 20.3. The van der Waals surface area contributed by atoms with E-state index in [0.717, 1.165) is 77.0 Å². The summed E-state index contributed by atoms with van der Waals surface area (Å²) in [6, 6.07) is 42.5. The number of nitrogens with zero attached hydrogens (tertiary/aromatic N) is 1. The molecule has 4 heterocycles. The number of fused-ring (bicyclic) bond motifs is 10.